The van der Waals surface area contributed by atoms with Crippen LogP contribution in [0.15, 0.2) is 11.1 Å². The van der Waals surface area contributed by atoms with Crippen LogP contribution in [0.5, 0.6) is 0 Å². The number of hydrogen-bond donors (Lipinski definition) is 14. The fourth-order valence-corrected chi connectivity index (χ4v) is 7.77. The Morgan fingerprint density at radius 1 is 0.864 bits per heavy atom. The third kappa shape index (κ3) is 12.9. The average Bonchev–Trinajstić information content (AvgIpc) is 3.82. The van der Waals surface area contributed by atoms with Gasteiger partial charge in [-0.05, 0) is 32.6 Å². The van der Waals surface area contributed by atoms with E-state index in [4.69, 9.17) is 29.4 Å². The molecule has 66 heavy (non-hydrogen) atoms. The average molecular weight is 946 g/mol. The molecule has 3 saturated heterocycles. The largest absolute Gasteiger partial charge is 0.394 e. The Morgan fingerprint density at radius 3 is 2.27 bits per heavy atom. The van der Waals surface area contributed by atoms with Gasteiger partial charge in [0.1, 0.15) is 79.7 Å². The number of nitrogens with two attached hydrogens (primary N) is 1. The number of carbonyl (C=O) groups excluding carboxylic acids is 4. The molecular weight excluding hydrogens is 882 g/mol. The number of aromatic amines is 1. The maximum Gasteiger partial charge on any atom is 0.280 e. The van der Waals surface area contributed by atoms with E-state index >= 15 is 0 Å². The maximum atomic E-state index is 14.1. The summed E-state index contributed by atoms with van der Waals surface area (Å²) in [5.41, 5.74) is 4.91. The SMILES string of the molecule is CCCCCC(O[C@@H]1O[C@H](CO)[C@@H](O)[C@H](O)[C@H]1NC(C)=O)C(=O)N[C@@H](CCCCNC(=O)CO[C@H]1O[C@@H](C)[C@@H](O)[C@@H](O)[C@@H]1O)C(=O)NC[C@H]1O[C@@H](n2cnc3c(=O)[nH]c(N)nc32)[C@H](O)[C@@H]1O. The van der Waals surface area contributed by atoms with Gasteiger partial charge in [-0.2, -0.15) is 4.98 Å². The first-order valence-corrected chi connectivity index (χ1v) is 21.8. The van der Waals surface area contributed by atoms with Crippen molar-refractivity contribution in [2.24, 2.45) is 0 Å². The van der Waals surface area contributed by atoms with Crippen molar-refractivity contribution >= 4 is 40.7 Å². The number of amides is 4. The Hall–Kier alpha value is -4.49. The second-order valence-electron chi connectivity index (χ2n) is 16.5. The molecular formula is C39H63N9O18. The molecule has 4 amide bonds. The van der Waals surface area contributed by atoms with Gasteiger partial charge in [0.2, 0.25) is 29.6 Å². The van der Waals surface area contributed by atoms with Crippen LogP contribution in [0, 0.1) is 0 Å². The Bertz CT molecular complexity index is 1990. The van der Waals surface area contributed by atoms with Crippen molar-refractivity contribution in [2.75, 3.05) is 32.0 Å². The molecule has 0 aromatic carbocycles. The van der Waals surface area contributed by atoms with E-state index in [9.17, 15) is 64.8 Å². The van der Waals surface area contributed by atoms with Crippen LogP contribution >= 0.6 is 0 Å². The predicted octanol–water partition coefficient (Wildman–Crippen LogP) is -6.04. The Balaban J connectivity index is 1.26. The molecule has 0 aliphatic carbocycles. The zero-order valence-corrected chi connectivity index (χ0v) is 36.7. The van der Waals surface area contributed by atoms with E-state index in [0.717, 1.165) is 13.3 Å². The third-order valence-electron chi connectivity index (χ3n) is 11.5. The van der Waals surface area contributed by atoms with Gasteiger partial charge in [-0.1, -0.05) is 26.2 Å². The number of hydrogen-bond acceptors (Lipinski definition) is 21. The summed E-state index contributed by atoms with van der Waals surface area (Å²) in [6.45, 7) is 2.93. The molecule has 372 valence electrons. The highest BCUT2D eigenvalue weighted by Gasteiger charge is 2.48. The molecule has 16 atom stereocenters. The van der Waals surface area contributed by atoms with E-state index in [2.05, 4.69) is 36.2 Å². The van der Waals surface area contributed by atoms with Crippen LogP contribution in [0.3, 0.4) is 0 Å². The molecule has 3 aliphatic rings. The molecule has 0 radical (unpaired) electrons. The van der Waals surface area contributed by atoms with Crippen LogP contribution in [0.25, 0.3) is 11.2 Å². The van der Waals surface area contributed by atoms with Crippen LogP contribution in [0.2, 0.25) is 0 Å². The van der Waals surface area contributed by atoms with E-state index in [-0.39, 0.29) is 55.9 Å². The highest BCUT2D eigenvalue weighted by Crippen LogP contribution is 2.31. The fraction of sp³-hybridized carbons (Fsp3) is 0.769. The molecule has 0 saturated carbocycles. The van der Waals surface area contributed by atoms with Crippen molar-refractivity contribution in [3.8, 4) is 0 Å². The van der Waals surface area contributed by atoms with Crippen molar-refractivity contribution in [3.63, 3.8) is 0 Å². The van der Waals surface area contributed by atoms with Gasteiger partial charge in [0.15, 0.2) is 30.0 Å². The number of aliphatic hydroxyl groups excluding tert-OH is 8. The lowest BCUT2D eigenvalue weighted by Crippen LogP contribution is -2.65. The topological polar surface area (TPSA) is 414 Å². The molecule has 3 aliphatic heterocycles. The van der Waals surface area contributed by atoms with E-state index in [1.807, 2.05) is 6.92 Å². The summed E-state index contributed by atoms with van der Waals surface area (Å²) in [5.74, 6) is -3.02. The third-order valence-corrected chi connectivity index (χ3v) is 11.5. The number of fused-ring (bicyclic) bond motifs is 1. The van der Waals surface area contributed by atoms with Gasteiger partial charge in [-0.15, -0.1) is 0 Å². The minimum atomic E-state index is -1.66. The second kappa shape index (κ2) is 24.0. The predicted molar refractivity (Wildman–Crippen MR) is 223 cm³/mol. The van der Waals surface area contributed by atoms with Crippen molar-refractivity contribution in [1.82, 2.24) is 40.8 Å². The lowest BCUT2D eigenvalue weighted by atomic mass is 9.96. The Morgan fingerprint density at radius 2 is 1.58 bits per heavy atom. The molecule has 15 N–H and O–H groups in total. The van der Waals surface area contributed by atoms with Crippen LogP contribution in [-0.4, -0.2) is 202 Å². The summed E-state index contributed by atoms with van der Waals surface area (Å²) in [7, 11) is 0. The number of rotatable bonds is 22. The molecule has 27 heteroatoms. The minimum Gasteiger partial charge on any atom is -0.394 e. The normalized spacial score (nSPS) is 32.1. The van der Waals surface area contributed by atoms with Crippen molar-refractivity contribution in [2.45, 2.75) is 164 Å². The maximum absolute atomic E-state index is 14.1. The van der Waals surface area contributed by atoms with Gasteiger partial charge in [0.05, 0.1) is 19.0 Å². The Kier molecular flexibility index (Phi) is 19.1. The second-order valence-corrected chi connectivity index (χ2v) is 16.5. The van der Waals surface area contributed by atoms with E-state index in [1.165, 1.54) is 17.8 Å². The van der Waals surface area contributed by atoms with Gasteiger partial charge in [-0.25, -0.2) is 4.98 Å². The molecule has 5 heterocycles. The fourth-order valence-electron chi connectivity index (χ4n) is 7.77. The van der Waals surface area contributed by atoms with Crippen LogP contribution in [0.1, 0.15) is 71.9 Å². The van der Waals surface area contributed by atoms with Crippen LogP contribution in [0.4, 0.5) is 5.95 Å². The minimum absolute atomic E-state index is 0.0280. The molecule has 0 bridgehead atoms. The number of aromatic nitrogens is 4. The summed E-state index contributed by atoms with van der Waals surface area (Å²) >= 11 is 0. The first-order chi connectivity index (χ1) is 31.4. The summed E-state index contributed by atoms with van der Waals surface area (Å²) in [5, 5.41) is 93.5. The summed E-state index contributed by atoms with van der Waals surface area (Å²) in [6, 6.07) is -2.66. The van der Waals surface area contributed by atoms with Gasteiger partial charge >= 0.3 is 0 Å². The number of nitrogens with one attached hydrogen (secondary N) is 5. The number of carbonyl (C=O) groups is 4. The highest BCUT2D eigenvalue weighted by molar-refractivity contribution is 5.89. The van der Waals surface area contributed by atoms with Crippen molar-refractivity contribution < 1.29 is 83.7 Å². The number of ether oxygens (including phenoxy) is 5. The van der Waals surface area contributed by atoms with E-state index in [1.54, 1.807) is 0 Å². The number of unbranched alkanes of at least 4 members (excludes halogenated alkanes) is 3. The molecule has 27 nitrogen and oxygen atoms in total. The lowest BCUT2D eigenvalue weighted by Gasteiger charge is -2.43. The first-order valence-electron chi connectivity index (χ1n) is 21.8. The van der Waals surface area contributed by atoms with Gasteiger partial charge < -0.3 is 91.5 Å². The smallest absolute Gasteiger partial charge is 0.280 e. The first kappa shape index (κ1) is 52.5. The molecule has 3 fully saturated rings. The Labute approximate surface area is 377 Å². The van der Waals surface area contributed by atoms with E-state index < -0.39 is 140 Å². The lowest BCUT2D eigenvalue weighted by molar-refractivity contribution is -0.291. The van der Waals surface area contributed by atoms with Crippen LogP contribution in [-0.2, 0) is 42.9 Å². The molecule has 5 rings (SSSR count). The summed E-state index contributed by atoms with van der Waals surface area (Å²) in [4.78, 5) is 75.4. The number of nitrogens with zero attached hydrogens (tertiary/aromatic N) is 3. The summed E-state index contributed by atoms with van der Waals surface area (Å²) in [6.07, 6.45) is -16.4. The zero-order chi connectivity index (χ0) is 48.4. The monoisotopic (exact) mass is 945 g/mol. The number of H-pyrrole nitrogens is 1. The zero-order valence-electron chi connectivity index (χ0n) is 36.7. The van der Waals surface area contributed by atoms with Crippen molar-refractivity contribution in [3.05, 3.63) is 16.7 Å². The van der Waals surface area contributed by atoms with Gasteiger partial charge in [0.25, 0.3) is 5.56 Å². The standard InChI is InChI=1S/C39H63N9O18/c1-4-5-6-10-19(65-37-23(44-17(3)50)28(55)27(54)21(13-49)66-37)34(60)45-18(9-7-8-11-41-22(51)14-62-38-31(58)29(56)25(52)16(2)63-38)33(59)42-12-20-26(53)30(57)36(64-20)48-15-43-24-32(48)46-39(40)47-35(24)61/h15-16,18-21,23,25-31,36-38,49,52-58H,4-14H2,1-3H3,(H,41,51)(H,42,59)(H,44,50)(H,45,60)(H3,40,46,47,61)/t16-,18-,19?,20+,21+,23+,25+,26+,27+,28+,29+,30+,31-,36+,37+,38-/m0/s1. The molecule has 2 aromatic rings. The van der Waals surface area contributed by atoms with Gasteiger partial charge in [0, 0.05) is 20.0 Å². The quantitative estimate of drug-likeness (QED) is 0.0489. The molecule has 0 spiro atoms. The van der Waals surface area contributed by atoms with Crippen molar-refractivity contribution in [1.29, 1.82) is 0 Å². The van der Waals surface area contributed by atoms with E-state index in [0.29, 0.717) is 12.8 Å². The number of nitrogen functional groups attached to an aromatic ring is 1. The number of aliphatic hydroxyl groups is 8. The van der Waals surface area contributed by atoms with Crippen LogP contribution < -0.4 is 32.6 Å². The van der Waals surface area contributed by atoms with Gasteiger partial charge in [-0.3, -0.25) is 33.5 Å². The highest BCUT2D eigenvalue weighted by atomic mass is 16.7. The number of anilines is 1. The molecule has 1 unspecified atom stereocenters. The molecule has 2 aromatic heterocycles. The summed E-state index contributed by atoms with van der Waals surface area (Å²) < 4.78 is 29.5. The number of imidazole rings is 1.